The summed E-state index contributed by atoms with van der Waals surface area (Å²) < 4.78 is 33.5. The number of carbonyl (C=O) groups is 1. The maximum atomic E-state index is 14.7. The van der Waals surface area contributed by atoms with Crippen molar-refractivity contribution in [1.82, 2.24) is 24.4 Å². The van der Waals surface area contributed by atoms with Crippen molar-refractivity contribution in [2.45, 2.75) is 31.5 Å². The van der Waals surface area contributed by atoms with Gasteiger partial charge in [-0.25, -0.2) is 28.4 Å². The van der Waals surface area contributed by atoms with E-state index in [1.54, 1.807) is 4.90 Å². The molecule has 1 N–H and O–H groups in total. The van der Waals surface area contributed by atoms with Gasteiger partial charge in [-0.15, -0.1) is 0 Å². The predicted molar refractivity (Wildman–Crippen MR) is 124 cm³/mol. The van der Waals surface area contributed by atoms with Gasteiger partial charge < -0.3 is 19.1 Å². The zero-order valence-corrected chi connectivity index (χ0v) is 19.4. The van der Waals surface area contributed by atoms with Crippen molar-refractivity contribution in [1.29, 1.82) is 0 Å². The molecule has 12 heteroatoms. The Hall–Kier alpha value is -3.98. The van der Waals surface area contributed by atoms with Crippen LogP contribution in [0.3, 0.4) is 0 Å². The van der Waals surface area contributed by atoms with E-state index in [2.05, 4.69) is 19.8 Å². The van der Waals surface area contributed by atoms with Crippen molar-refractivity contribution in [3.05, 3.63) is 52.2 Å². The van der Waals surface area contributed by atoms with Crippen LogP contribution in [0.4, 0.5) is 14.9 Å². The largest absolute Gasteiger partial charge is 0.472 e. The van der Waals surface area contributed by atoms with E-state index in [-0.39, 0.29) is 58.1 Å². The van der Waals surface area contributed by atoms with Gasteiger partial charge in [0.05, 0.1) is 25.5 Å². The van der Waals surface area contributed by atoms with Gasteiger partial charge >= 0.3 is 11.8 Å². The number of aromatic amines is 1. The van der Waals surface area contributed by atoms with Crippen molar-refractivity contribution in [3.63, 3.8) is 0 Å². The number of fused-ring (bicyclic) bond motifs is 3. The molecule has 0 radical (unpaired) electrons. The number of imidazole rings is 1. The number of piperidine rings is 1. The van der Waals surface area contributed by atoms with Crippen LogP contribution in [0, 0.1) is 24.2 Å². The Kier molecular flexibility index (Phi) is 5.19. The molecule has 0 spiro atoms. The lowest BCUT2D eigenvalue weighted by atomic mass is 9.84. The molecule has 1 aromatic carbocycles. The number of hydrogen-bond donors (Lipinski definition) is 1. The molecule has 3 aliphatic rings. The van der Waals surface area contributed by atoms with Gasteiger partial charge in [0.2, 0.25) is 5.88 Å². The molecule has 2 saturated heterocycles. The van der Waals surface area contributed by atoms with E-state index in [0.29, 0.717) is 26.3 Å². The van der Waals surface area contributed by atoms with Gasteiger partial charge in [-0.3, -0.25) is 4.98 Å². The molecule has 1 amide bonds. The molecule has 6 rings (SSSR count). The average molecular weight is 494 g/mol. The number of H-pyrrole nitrogens is 1. The Labute approximate surface area is 204 Å². The molecule has 2 unspecified atom stereocenters. The van der Waals surface area contributed by atoms with Crippen molar-refractivity contribution >= 4 is 22.9 Å². The summed E-state index contributed by atoms with van der Waals surface area (Å²) in [5.74, 6) is -0.792. The van der Waals surface area contributed by atoms with Gasteiger partial charge in [0.25, 0.3) is 0 Å². The van der Waals surface area contributed by atoms with Crippen LogP contribution >= 0.6 is 0 Å². The molecule has 3 aromatic rings. The van der Waals surface area contributed by atoms with E-state index >= 15 is 0 Å². The Bertz CT molecular complexity index is 1440. The molecule has 3 fully saturated rings. The fourth-order valence-electron chi connectivity index (χ4n) is 4.88. The monoisotopic (exact) mass is 494 g/mol. The first-order chi connectivity index (χ1) is 17.3. The van der Waals surface area contributed by atoms with Crippen molar-refractivity contribution in [2.24, 2.45) is 11.8 Å². The first-order valence-corrected chi connectivity index (χ1v) is 11.7. The van der Waals surface area contributed by atoms with E-state index in [1.165, 1.54) is 18.5 Å². The van der Waals surface area contributed by atoms with Crippen LogP contribution in [0.25, 0.3) is 21.7 Å². The van der Waals surface area contributed by atoms with E-state index in [4.69, 9.17) is 20.8 Å². The highest BCUT2D eigenvalue weighted by molar-refractivity contribution is 5.78. The van der Waals surface area contributed by atoms with Crippen LogP contribution in [-0.2, 0) is 9.47 Å². The first kappa shape index (κ1) is 22.5. The Morgan fingerprint density at radius 2 is 2.03 bits per heavy atom. The number of nitrogens with one attached hydrogen (secondary N) is 1. The highest BCUT2D eigenvalue weighted by atomic mass is 19.1. The number of ether oxygens (including phenoxy) is 3. The lowest BCUT2D eigenvalue weighted by Gasteiger charge is -2.46. The number of carbonyl (C=O) groups excluding carboxylic acids is 1. The number of hydrogen-bond acceptors (Lipinski definition) is 7. The van der Waals surface area contributed by atoms with Gasteiger partial charge in [-0.05, 0) is 31.9 Å². The first-order valence-electron chi connectivity index (χ1n) is 11.7. The minimum absolute atomic E-state index is 0.0373. The third kappa shape index (κ3) is 3.85. The maximum absolute atomic E-state index is 14.7. The zero-order valence-electron chi connectivity index (χ0n) is 19.4. The summed E-state index contributed by atoms with van der Waals surface area (Å²) in [6, 6.07) is 3.85. The summed E-state index contributed by atoms with van der Waals surface area (Å²) in [5, 5.41) is 0. The second-order valence-electron chi connectivity index (χ2n) is 9.75. The predicted octanol–water partition coefficient (Wildman–Crippen LogP) is 2.81. The Morgan fingerprint density at radius 1 is 1.28 bits per heavy atom. The molecular formula is C24H23FN6O5. The molecule has 2 aliphatic heterocycles. The number of halogens is 1. The van der Waals surface area contributed by atoms with Crippen LogP contribution < -0.4 is 10.4 Å². The highest BCUT2D eigenvalue weighted by Crippen LogP contribution is 2.40. The average Bonchev–Trinajstić information content (AvgIpc) is 3.47. The van der Waals surface area contributed by atoms with E-state index in [9.17, 15) is 14.0 Å². The van der Waals surface area contributed by atoms with Gasteiger partial charge in [0.15, 0.2) is 11.3 Å². The second-order valence-corrected chi connectivity index (χ2v) is 9.75. The van der Waals surface area contributed by atoms with Crippen molar-refractivity contribution in [3.8, 4) is 11.6 Å². The normalized spacial score (nSPS) is 24.2. The minimum atomic E-state index is -0.724. The van der Waals surface area contributed by atoms with Crippen molar-refractivity contribution in [2.75, 3.05) is 26.3 Å². The minimum Gasteiger partial charge on any atom is -0.472 e. The number of rotatable bonds is 4. The summed E-state index contributed by atoms with van der Waals surface area (Å²) in [6.07, 6.45) is 2.39. The molecule has 36 heavy (non-hydrogen) atoms. The van der Waals surface area contributed by atoms with Gasteiger partial charge in [0, 0.05) is 24.9 Å². The summed E-state index contributed by atoms with van der Waals surface area (Å²) in [4.78, 5) is 41.5. The zero-order chi connectivity index (χ0) is 25.0. The Morgan fingerprint density at radius 3 is 2.69 bits per heavy atom. The molecule has 1 saturated carbocycles. The van der Waals surface area contributed by atoms with E-state index in [1.807, 2.05) is 6.92 Å². The number of amides is 1. The van der Waals surface area contributed by atoms with Gasteiger partial charge in [0.1, 0.15) is 29.4 Å². The third-order valence-corrected chi connectivity index (χ3v) is 7.04. The summed E-state index contributed by atoms with van der Waals surface area (Å²) >= 11 is 0. The molecule has 186 valence electrons. The molecule has 11 nitrogen and oxygen atoms in total. The van der Waals surface area contributed by atoms with Gasteiger partial charge in [-0.2, -0.15) is 4.98 Å². The number of likely N-dealkylation sites (tertiary alicyclic amines) is 1. The highest BCUT2D eigenvalue weighted by Gasteiger charge is 2.47. The summed E-state index contributed by atoms with van der Waals surface area (Å²) in [5.41, 5.74) is -0.488. The Balaban J connectivity index is 1.28. The van der Waals surface area contributed by atoms with Crippen LogP contribution in [0.1, 0.15) is 19.8 Å². The summed E-state index contributed by atoms with van der Waals surface area (Å²) in [7, 11) is 0. The lowest BCUT2D eigenvalue weighted by Crippen LogP contribution is -2.59. The van der Waals surface area contributed by atoms with Crippen LogP contribution in [0.2, 0.25) is 0 Å². The topological polar surface area (TPSA) is 116 Å². The fraction of sp³-hybridized carbons (Fsp3) is 0.458. The van der Waals surface area contributed by atoms with Crippen molar-refractivity contribution < 1.29 is 23.4 Å². The van der Waals surface area contributed by atoms with E-state index < -0.39 is 11.5 Å². The molecule has 2 aromatic heterocycles. The SMILES string of the molecule is [C-]#[N+]c1ccc(-n2c(=O)[nH]c3c(OC4C5COCC4CN(C(=O)OC4(C)CC4)C5)ncnc32)c(F)c1. The van der Waals surface area contributed by atoms with Gasteiger partial charge in [-0.1, -0.05) is 6.07 Å². The molecular weight excluding hydrogens is 471 g/mol. The fourth-order valence-corrected chi connectivity index (χ4v) is 4.88. The van der Waals surface area contributed by atoms with Crippen LogP contribution in [0.15, 0.2) is 29.3 Å². The third-order valence-electron chi connectivity index (χ3n) is 7.04. The number of aromatic nitrogens is 4. The van der Waals surface area contributed by atoms with Crippen LogP contribution in [-0.4, -0.2) is 68.5 Å². The second kappa shape index (κ2) is 8.30. The number of benzene rings is 1. The summed E-state index contributed by atoms with van der Waals surface area (Å²) in [6.45, 7) is 10.6. The molecule has 1 aliphatic carbocycles. The molecule has 2 atom stereocenters. The molecule has 2 bridgehead atoms. The standard InChI is InChI=1S/C24H23FN6O5/c1-24(5-6-24)36-23(33)30-8-13-10-34-11-14(9-30)19(13)35-21-18-20(27-12-28-21)31(22(32)29-18)17-4-3-15(26-2)7-16(17)25/h3-4,7,12-14,19H,5-6,8-11H2,1H3,(H,29,32). The molecule has 4 heterocycles. The smallest absolute Gasteiger partial charge is 0.410 e. The number of nitrogens with zero attached hydrogens (tertiary/aromatic N) is 5. The van der Waals surface area contributed by atoms with E-state index in [0.717, 1.165) is 23.5 Å². The van der Waals surface area contributed by atoms with Crippen LogP contribution in [0.5, 0.6) is 5.88 Å². The maximum Gasteiger partial charge on any atom is 0.410 e. The lowest BCUT2D eigenvalue weighted by molar-refractivity contribution is -0.111. The quantitative estimate of drug-likeness (QED) is 0.555.